The van der Waals surface area contributed by atoms with Gasteiger partial charge in [0.2, 0.25) is 15.9 Å². The van der Waals surface area contributed by atoms with Crippen molar-refractivity contribution in [2.24, 2.45) is 0 Å². The van der Waals surface area contributed by atoms with Crippen LogP contribution in [0.3, 0.4) is 0 Å². The van der Waals surface area contributed by atoms with Crippen molar-refractivity contribution in [2.45, 2.75) is 50.7 Å². The zero-order valence-electron chi connectivity index (χ0n) is 14.7. The first-order valence-corrected chi connectivity index (χ1v) is 9.90. The summed E-state index contributed by atoms with van der Waals surface area (Å²) in [5.41, 5.74) is 0.256. The van der Waals surface area contributed by atoms with Gasteiger partial charge in [-0.15, -0.1) is 10.2 Å². The number of ether oxygens (including phenoxy) is 1. The van der Waals surface area contributed by atoms with Crippen LogP contribution in [0.1, 0.15) is 48.3 Å². The number of benzene rings is 1. The van der Waals surface area contributed by atoms with Gasteiger partial charge in [0.05, 0.1) is 10.5 Å². The Bertz CT molecular complexity index is 876. The van der Waals surface area contributed by atoms with Gasteiger partial charge in [0.1, 0.15) is 0 Å². The lowest BCUT2D eigenvalue weighted by atomic mass is 10.1. The molecule has 1 aliphatic heterocycles. The van der Waals surface area contributed by atoms with Gasteiger partial charge in [0.15, 0.2) is 6.61 Å². The summed E-state index contributed by atoms with van der Waals surface area (Å²) < 4.78 is 37.3. The van der Waals surface area contributed by atoms with Gasteiger partial charge in [-0.3, -0.25) is 0 Å². The van der Waals surface area contributed by atoms with Crippen molar-refractivity contribution >= 4 is 16.0 Å². The largest absolute Gasteiger partial charge is 0.452 e. The van der Waals surface area contributed by atoms with Crippen molar-refractivity contribution in [3.8, 4) is 0 Å². The van der Waals surface area contributed by atoms with E-state index in [1.54, 1.807) is 6.92 Å². The van der Waals surface area contributed by atoms with Crippen LogP contribution in [0.5, 0.6) is 0 Å². The number of hydrogen-bond acceptors (Lipinski definition) is 7. The monoisotopic (exact) mass is 379 g/mol. The third-order valence-electron chi connectivity index (χ3n) is 4.33. The zero-order chi connectivity index (χ0) is 18.7. The third kappa shape index (κ3) is 3.94. The molecule has 1 atom stereocenters. The number of sulfonamides is 1. The predicted molar refractivity (Wildman–Crippen MR) is 91.8 cm³/mol. The fourth-order valence-corrected chi connectivity index (χ4v) is 4.63. The Balaban J connectivity index is 1.68. The van der Waals surface area contributed by atoms with E-state index in [1.807, 2.05) is 6.92 Å². The lowest BCUT2D eigenvalue weighted by Crippen LogP contribution is -2.41. The maximum atomic E-state index is 12.8. The maximum absolute atomic E-state index is 12.8. The SMILES string of the molecule is Cc1nnc(COC(=O)c2ccc(S(=O)(=O)N3CCCCC3C)cc2)o1. The first kappa shape index (κ1) is 18.5. The highest BCUT2D eigenvalue weighted by Crippen LogP contribution is 2.25. The minimum Gasteiger partial charge on any atom is -0.452 e. The van der Waals surface area contributed by atoms with Crippen LogP contribution in [0.2, 0.25) is 0 Å². The van der Waals surface area contributed by atoms with E-state index in [9.17, 15) is 13.2 Å². The molecular formula is C17H21N3O5S. The summed E-state index contributed by atoms with van der Waals surface area (Å²) in [6.07, 6.45) is 2.76. The smallest absolute Gasteiger partial charge is 0.338 e. The fourth-order valence-electron chi connectivity index (χ4n) is 2.93. The number of esters is 1. The molecule has 0 spiro atoms. The van der Waals surface area contributed by atoms with Crippen LogP contribution in [-0.2, 0) is 21.4 Å². The van der Waals surface area contributed by atoms with Crippen molar-refractivity contribution in [1.29, 1.82) is 0 Å². The van der Waals surface area contributed by atoms with Crippen molar-refractivity contribution in [3.05, 3.63) is 41.6 Å². The van der Waals surface area contributed by atoms with E-state index in [-0.39, 0.29) is 29.0 Å². The molecule has 9 heteroatoms. The number of carbonyl (C=O) groups excluding carboxylic acids is 1. The summed E-state index contributed by atoms with van der Waals surface area (Å²) in [7, 11) is -3.56. The number of piperidine rings is 1. The number of carbonyl (C=O) groups is 1. The van der Waals surface area contributed by atoms with Gasteiger partial charge in [0.25, 0.3) is 5.89 Å². The molecule has 1 saturated heterocycles. The topological polar surface area (TPSA) is 103 Å². The molecule has 1 aliphatic rings. The lowest BCUT2D eigenvalue weighted by Gasteiger charge is -2.32. The van der Waals surface area contributed by atoms with Crippen molar-refractivity contribution < 1.29 is 22.4 Å². The summed E-state index contributed by atoms with van der Waals surface area (Å²) in [6, 6.07) is 5.75. The number of rotatable bonds is 5. The van der Waals surface area contributed by atoms with Gasteiger partial charge < -0.3 is 9.15 Å². The van der Waals surface area contributed by atoms with Crippen LogP contribution < -0.4 is 0 Å². The van der Waals surface area contributed by atoms with Gasteiger partial charge in [-0.2, -0.15) is 4.31 Å². The Morgan fingerprint density at radius 3 is 2.62 bits per heavy atom. The van der Waals surface area contributed by atoms with Gasteiger partial charge in [0, 0.05) is 19.5 Å². The molecule has 140 valence electrons. The Kier molecular flexibility index (Phi) is 5.38. The van der Waals surface area contributed by atoms with Crippen molar-refractivity contribution in [2.75, 3.05) is 6.54 Å². The molecule has 1 aromatic heterocycles. The van der Waals surface area contributed by atoms with E-state index in [0.717, 1.165) is 19.3 Å². The van der Waals surface area contributed by atoms with Crippen LogP contribution in [0, 0.1) is 6.92 Å². The molecule has 0 radical (unpaired) electrons. The highest BCUT2D eigenvalue weighted by molar-refractivity contribution is 7.89. The van der Waals surface area contributed by atoms with Crippen LogP contribution in [-0.4, -0.2) is 41.5 Å². The minimum atomic E-state index is -3.56. The first-order valence-electron chi connectivity index (χ1n) is 8.46. The first-order chi connectivity index (χ1) is 12.4. The van der Waals surface area contributed by atoms with Gasteiger partial charge in [-0.1, -0.05) is 6.42 Å². The molecule has 1 fully saturated rings. The third-order valence-corrected chi connectivity index (χ3v) is 6.36. The zero-order valence-corrected chi connectivity index (χ0v) is 15.5. The standard InChI is InChI=1S/C17H21N3O5S/c1-12-5-3-4-10-20(12)26(22,23)15-8-6-14(7-9-15)17(21)24-11-16-19-18-13(2)25-16/h6-9,12H,3-5,10-11H2,1-2H3. The van der Waals surface area contributed by atoms with Crippen LogP contribution in [0.25, 0.3) is 0 Å². The second kappa shape index (κ2) is 7.55. The van der Waals surface area contributed by atoms with Crippen molar-refractivity contribution in [1.82, 2.24) is 14.5 Å². The lowest BCUT2D eigenvalue weighted by molar-refractivity contribution is 0.0436. The number of aromatic nitrogens is 2. The molecule has 3 rings (SSSR count). The normalized spacial score (nSPS) is 18.6. The van der Waals surface area contributed by atoms with E-state index in [4.69, 9.17) is 9.15 Å². The summed E-state index contributed by atoms with van der Waals surface area (Å²) in [5, 5.41) is 7.39. The molecule has 2 aromatic rings. The molecule has 1 aromatic carbocycles. The molecule has 1 unspecified atom stereocenters. The van der Waals surface area contributed by atoms with E-state index in [1.165, 1.54) is 28.6 Å². The van der Waals surface area contributed by atoms with E-state index >= 15 is 0 Å². The second-order valence-electron chi connectivity index (χ2n) is 6.28. The Morgan fingerprint density at radius 1 is 1.27 bits per heavy atom. The number of aryl methyl sites for hydroxylation is 1. The van der Waals surface area contributed by atoms with E-state index < -0.39 is 16.0 Å². The predicted octanol–water partition coefficient (Wildman–Crippen LogP) is 2.30. The Hall–Kier alpha value is -2.26. The average Bonchev–Trinajstić information content (AvgIpc) is 3.05. The molecule has 0 aliphatic carbocycles. The molecule has 8 nitrogen and oxygen atoms in total. The summed E-state index contributed by atoms with van der Waals surface area (Å²) in [5.74, 6) is 0.00262. The number of nitrogens with zero attached hydrogens (tertiary/aromatic N) is 3. The van der Waals surface area contributed by atoms with E-state index in [2.05, 4.69) is 10.2 Å². The van der Waals surface area contributed by atoms with Crippen LogP contribution in [0.15, 0.2) is 33.6 Å². The minimum absolute atomic E-state index is 0.0174. The summed E-state index contributed by atoms with van der Waals surface area (Å²) in [4.78, 5) is 12.2. The molecular weight excluding hydrogens is 358 g/mol. The van der Waals surface area contributed by atoms with E-state index in [0.29, 0.717) is 12.4 Å². The molecule has 0 saturated carbocycles. The molecule has 26 heavy (non-hydrogen) atoms. The Morgan fingerprint density at radius 2 is 2.00 bits per heavy atom. The van der Waals surface area contributed by atoms with Crippen LogP contribution in [0.4, 0.5) is 0 Å². The average molecular weight is 379 g/mol. The molecule has 0 bridgehead atoms. The van der Waals surface area contributed by atoms with Crippen molar-refractivity contribution in [3.63, 3.8) is 0 Å². The fraction of sp³-hybridized carbons (Fsp3) is 0.471. The van der Waals surface area contributed by atoms with Gasteiger partial charge >= 0.3 is 5.97 Å². The number of hydrogen-bond donors (Lipinski definition) is 0. The highest BCUT2D eigenvalue weighted by atomic mass is 32.2. The summed E-state index contributed by atoms with van der Waals surface area (Å²) >= 11 is 0. The maximum Gasteiger partial charge on any atom is 0.338 e. The van der Waals surface area contributed by atoms with Gasteiger partial charge in [-0.25, -0.2) is 13.2 Å². The highest BCUT2D eigenvalue weighted by Gasteiger charge is 2.30. The molecule has 0 amide bonds. The Labute approximate surface area is 152 Å². The molecule has 0 N–H and O–H groups in total. The van der Waals surface area contributed by atoms with Gasteiger partial charge in [-0.05, 0) is 44.0 Å². The van der Waals surface area contributed by atoms with Crippen LogP contribution >= 0.6 is 0 Å². The quantitative estimate of drug-likeness (QED) is 0.734. The molecule has 2 heterocycles. The summed E-state index contributed by atoms with van der Waals surface area (Å²) in [6.45, 7) is 3.95. The second-order valence-corrected chi connectivity index (χ2v) is 8.17.